The van der Waals surface area contributed by atoms with Gasteiger partial charge in [0.1, 0.15) is 5.60 Å². The average molecular weight is 294 g/mol. The first kappa shape index (κ1) is 17.4. The lowest BCUT2D eigenvalue weighted by atomic mass is 10.0. The number of anilines is 1. The van der Waals surface area contributed by atoms with Crippen molar-refractivity contribution in [3.63, 3.8) is 0 Å². The van der Waals surface area contributed by atoms with E-state index in [0.717, 1.165) is 12.0 Å². The number of nitrogens with zero attached hydrogens (tertiary/aromatic N) is 1. The van der Waals surface area contributed by atoms with E-state index in [2.05, 4.69) is 10.3 Å². The van der Waals surface area contributed by atoms with Gasteiger partial charge in [0.05, 0.1) is 18.5 Å². The molecule has 0 spiro atoms. The second kappa shape index (κ2) is 7.98. The van der Waals surface area contributed by atoms with Crippen molar-refractivity contribution in [2.45, 2.75) is 53.1 Å². The summed E-state index contributed by atoms with van der Waals surface area (Å²) in [5.41, 5.74) is 0.728. The third kappa shape index (κ3) is 4.70. The minimum absolute atomic E-state index is 0.149. The largest absolute Gasteiger partial charge is 0.478 e. The van der Waals surface area contributed by atoms with E-state index in [9.17, 15) is 4.79 Å². The molecule has 0 aliphatic rings. The van der Waals surface area contributed by atoms with E-state index in [-0.39, 0.29) is 5.91 Å². The van der Waals surface area contributed by atoms with Gasteiger partial charge in [-0.25, -0.2) is 4.98 Å². The smallest absolute Gasteiger partial charge is 0.256 e. The Morgan fingerprint density at radius 1 is 1.38 bits per heavy atom. The summed E-state index contributed by atoms with van der Waals surface area (Å²) in [4.78, 5) is 16.6. The molecule has 1 aromatic rings. The van der Waals surface area contributed by atoms with Crippen molar-refractivity contribution in [2.24, 2.45) is 0 Å². The molecule has 1 rings (SSSR count). The van der Waals surface area contributed by atoms with E-state index >= 15 is 0 Å². The van der Waals surface area contributed by atoms with Crippen molar-refractivity contribution in [2.75, 3.05) is 18.5 Å². The first-order valence-corrected chi connectivity index (χ1v) is 7.51. The Kier molecular flexibility index (Phi) is 6.62. The number of pyridine rings is 1. The maximum atomic E-state index is 12.4. The summed E-state index contributed by atoms with van der Waals surface area (Å²) in [6.45, 7) is 10.7. The quantitative estimate of drug-likeness (QED) is 0.799. The fourth-order valence-corrected chi connectivity index (χ4v) is 1.84. The predicted octanol–water partition coefficient (Wildman–Crippen LogP) is 3.32. The van der Waals surface area contributed by atoms with E-state index < -0.39 is 5.60 Å². The molecule has 0 aromatic carbocycles. The zero-order valence-corrected chi connectivity index (χ0v) is 13.7. The van der Waals surface area contributed by atoms with Crippen LogP contribution in [0, 0.1) is 6.92 Å². The van der Waals surface area contributed by atoms with E-state index in [1.54, 1.807) is 6.20 Å². The highest BCUT2D eigenvalue weighted by molar-refractivity contribution is 5.97. The maximum Gasteiger partial charge on any atom is 0.256 e. The Morgan fingerprint density at radius 3 is 2.62 bits per heavy atom. The van der Waals surface area contributed by atoms with Crippen LogP contribution in [-0.2, 0) is 9.53 Å². The minimum atomic E-state index is -0.817. The van der Waals surface area contributed by atoms with Gasteiger partial charge in [0.15, 0.2) is 0 Å². The molecule has 0 saturated heterocycles. The van der Waals surface area contributed by atoms with Crippen LogP contribution in [0.15, 0.2) is 12.3 Å². The summed E-state index contributed by atoms with van der Waals surface area (Å²) in [6.07, 6.45) is 3.10. The molecule has 0 bridgehead atoms. The van der Waals surface area contributed by atoms with Gasteiger partial charge in [-0.15, -0.1) is 0 Å². The molecule has 0 unspecified atom stereocenters. The van der Waals surface area contributed by atoms with Crippen LogP contribution >= 0.6 is 0 Å². The number of nitrogens with one attached hydrogen (secondary N) is 1. The molecule has 0 saturated carbocycles. The number of aromatic nitrogens is 1. The number of carbonyl (C=O) groups excluding carboxylic acids is 1. The topological polar surface area (TPSA) is 60.5 Å². The highest BCUT2D eigenvalue weighted by Crippen LogP contribution is 2.22. The van der Waals surface area contributed by atoms with Crippen LogP contribution in [0.25, 0.3) is 0 Å². The zero-order chi connectivity index (χ0) is 15.9. The third-order valence-electron chi connectivity index (χ3n) is 3.35. The molecule has 1 N–H and O–H groups in total. The third-order valence-corrected chi connectivity index (χ3v) is 3.35. The number of hydrogen-bond acceptors (Lipinski definition) is 4. The van der Waals surface area contributed by atoms with E-state index in [4.69, 9.17) is 9.47 Å². The molecule has 1 aromatic heterocycles. The van der Waals surface area contributed by atoms with Crippen LogP contribution in [0.3, 0.4) is 0 Å². The number of aryl methyl sites for hydroxylation is 1. The molecule has 5 nitrogen and oxygen atoms in total. The predicted molar refractivity (Wildman–Crippen MR) is 83.7 cm³/mol. The lowest BCUT2D eigenvalue weighted by Crippen LogP contribution is -2.42. The van der Waals surface area contributed by atoms with E-state index in [0.29, 0.717) is 31.2 Å². The Labute approximate surface area is 127 Å². The normalized spacial score (nSPS) is 13.6. The molecule has 0 aliphatic heterocycles. The Bertz CT molecular complexity index is 477. The molecular weight excluding hydrogens is 268 g/mol. The summed E-state index contributed by atoms with van der Waals surface area (Å²) >= 11 is 0. The molecule has 0 fully saturated rings. The van der Waals surface area contributed by atoms with Crippen LogP contribution in [0.1, 0.15) is 46.1 Å². The van der Waals surface area contributed by atoms with Gasteiger partial charge >= 0.3 is 0 Å². The van der Waals surface area contributed by atoms with Gasteiger partial charge in [-0.05, 0) is 39.7 Å². The number of hydrogen-bond donors (Lipinski definition) is 1. The summed E-state index contributed by atoms with van der Waals surface area (Å²) in [7, 11) is 0. The molecular formula is C16H26N2O3. The molecule has 1 atom stereocenters. The SMILES string of the molecule is CCCO[C@@](C)(CC)C(=O)Nc1cnc(OCC)c(C)c1. The van der Waals surface area contributed by atoms with Gasteiger partial charge in [0.25, 0.3) is 5.91 Å². The molecule has 0 aliphatic carbocycles. The van der Waals surface area contributed by atoms with E-state index in [1.807, 2.05) is 40.7 Å². The Morgan fingerprint density at radius 2 is 2.10 bits per heavy atom. The minimum Gasteiger partial charge on any atom is -0.478 e. The molecule has 1 amide bonds. The first-order chi connectivity index (χ1) is 9.96. The molecule has 0 radical (unpaired) electrons. The first-order valence-electron chi connectivity index (χ1n) is 7.51. The number of ether oxygens (including phenoxy) is 2. The van der Waals surface area contributed by atoms with Crippen LogP contribution in [0.5, 0.6) is 5.88 Å². The fraction of sp³-hybridized carbons (Fsp3) is 0.625. The van der Waals surface area contributed by atoms with Crippen LogP contribution in [0.4, 0.5) is 5.69 Å². The van der Waals surface area contributed by atoms with E-state index in [1.165, 1.54) is 0 Å². The van der Waals surface area contributed by atoms with Gasteiger partial charge < -0.3 is 14.8 Å². The lowest BCUT2D eigenvalue weighted by molar-refractivity contribution is -0.139. The fourth-order valence-electron chi connectivity index (χ4n) is 1.84. The van der Waals surface area contributed by atoms with Crippen LogP contribution < -0.4 is 10.1 Å². The van der Waals surface area contributed by atoms with Crippen molar-refractivity contribution >= 4 is 11.6 Å². The van der Waals surface area contributed by atoms with Gasteiger partial charge in [-0.1, -0.05) is 13.8 Å². The van der Waals surface area contributed by atoms with Crippen molar-refractivity contribution in [3.8, 4) is 5.88 Å². The van der Waals surface area contributed by atoms with Crippen molar-refractivity contribution in [1.82, 2.24) is 4.98 Å². The van der Waals surface area contributed by atoms with Gasteiger partial charge in [0, 0.05) is 12.2 Å². The summed E-state index contributed by atoms with van der Waals surface area (Å²) in [5, 5.41) is 2.87. The lowest BCUT2D eigenvalue weighted by Gasteiger charge is -2.27. The monoisotopic (exact) mass is 294 g/mol. The molecule has 1 heterocycles. The van der Waals surface area contributed by atoms with Gasteiger partial charge in [0.2, 0.25) is 5.88 Å². The van der Waals surface area contributed by atoms with Crippen LogP contribution in [0.2, 0.25) is 0 Å². The highest BCUT2D eigenvalue weighted by Gasteiger charge is 2.32. The van der Waals surface area contributed by atoms with Crippen molar-refractivity contribution in [1.29, 1.82) is 0 Å². The summed E-state index contributed by atoms with van der Waals surface area (Å²) in [6, 6.07) is 1.85. The summed E-state index contributed by atoms with van der Waals surface area (Å²) in [5.74, 6) is 0.444. The molecule has 118 valence electrons. The number of amides is 1. The number of rotatable bonds is 8. The average Bonchev–Trinajstić information content (AvgIpc) is 2.47. The number of carbonyl (C=O) groups is 1. The molecule has 21 heavy (non-hydrogen) atoms. The maximum absolute atomic E-state index is 12.4. The Balaban J connectivity index is 2.79. The second-order valence-corrected chi connectivity index (χ2v) is 5.17. The van der Waals surface area contributed by atoms with Gasteiger partial charge in [-0.2, -0.15) is 0 Å². The second-order valence-electron chi connectivity index (χ2n) is 5.17. The van der Waals surface area contributed by atoms with Crippen LogP contribution in [-0.4, -0.2) is 29.7 Å². The zero-order valence-electron chi connectivity index (χ0n) is 13.7. The van der Waals surface area contributed by atoms with Crippen molar-refractivity contribution in [3.05, 3.63) is 17.8 Å². The molecule has 5 heteroatoms. The van der Waals surface area contributed by atoms with Gasteiger partial charge in [-0.3, -0.25) is 4.79 Å². The standard InChI is InChI=1S/C16H26N2O3/c1-6-9-21-16(5,7-2)15(19)18-13-10-12(4)14(17-11-13)20-8-3/h10-11H,6-9H2,1-5H3,(H,18,19)/t16-/m0/s1. The summed E-state index contributed by atoms with van der Waals surface area (Å²) < 4.78 is 11.1. The van der Waals surface area contributed by atoms with Crippen molar-refractivity contribution < 1.29 is 14.3 Å². The Hall–Kier alpha value is -1.62. The highest BCUT2D eigenvalue weighted by atomic mass is 16.5.